The maximum Gasteiger partial charge on any atom is 0.170 e. The average Bonchev–Trinajstić information content (AvgIpc) is 3.74. The Bertz CT molecular complexity index is 2800. The summed E-state index contributed by atoms with van der Waals surface area (Å²) < 4.78 is 9.08. The lowest BCUT2D eigenvalue weighted by molar-refractivity contribution is 0.669. The molecule has 0 fully saturated rings. The van der Waals surface area contributed by atoms with Crippen molar-refractivity contribution in [3.63, 3.8) is 0 Å². The van der Waals surface area contributed by atoms with Gasteiger partial charge in [-0.15, -0.1) is 0 Å². The van der Waals surface area contributed by atoms with Crippen LogP contribution in [0.4, 0.5) is 0 Å². The number of para-hydroxylation sites is 2. The van der Waals surface area contributed by atoms with E-state index >= 15 is 0 Å². The van der Waals surface area contributed by atoms with Crippen molar-refractivity contribution < 1.29 is 4.42 Å². The highest BCUT2D eigenvalue weighted by molar-refractivity contribution is 6.14. The molecule has 0 radical (unpaired) electrons. The Balaban J connectivity index is 1.32. The van der Waals surface area contributed by atoms with Gasteiger partial charge in [0.05, 0.1) is 22.3 Å². The predicted molar refractivity (Wildman–Crippen MR) is 203 cm³/mol. The second-order valence-electron chi connectivity index (χ2n) is 12.4. The van der Waals surface area contributed by atoms with E-state index in [2.05, 4.69) is 95.6 Å². The minimum Gasteiger partial charge on any atom is -0.455 e. The summed E-state index contributed by atoms with van der Waals surface area (Å²) in [5.41, 5.74) is 9.65. The number of hydrogen-bond acceptors (Lipinski definition) is 4. The lowest BCUT2D eigenvalue weighted by Crippen LogP contribution is -2.04. The third kappa shape index (κ3) is 4.52. The molecule has 5 heteroatoms. The lowest BCUT2D eigenvalue weighted by atomic mass is 10.0. The number of nitrogens with zero attached hydrogens (tertiary/aromatic N) is 4. The summed E-state index contributed by atoms with van der Waals surface area (Å²) in [6.07, 6.45) is 0. The molecule has 0 unspecified atom stereocenters. The first kappa shape index (κ1) is 28.2. The summed E-state index contributed by atoms with van der Waals surface area (Å²) in [7, 11) is 0. The molecule has 3 heterocycles. The van der Waals surface area contributed by atoms with Gasteiger partial charge in [-0.3, -0.25) is 0 Å². The van der Waals surface area contributed by atoms with Gasteiger partial charge in [0, 0.05) is 32.7 Å². The fourth-order valence-electron chi connectivity index (χ4n) is 7.14. The molecule has 10 rings (SSSR count). The van der Waals surface area contributed by atoms with Crippen LogP contribution in [0.2, 0.25) is 0 Å². The first-order chi connectivity index (χ1) is 24.8. The average molecular weight is 641 g/mol. The standard InChI is InChI=1S/C45H28N4O/c1-4-14-29(15-5-1)32-24-26-38-36(28-32)33-20-10-12-22-37(33)49(38)39-27-25-35-34-21-11-13-23-40(34)50-42(35)41(39)45-47-43(30-16-6-2-7-17-30)46-44(48-45)31-18-8-3-9-19-31/h1-28H. The molecule has 0 saturated heterocycles. The Morgan fingerprint density at radius 1 is 0.380 bits per heavy atom. The van der Waals surface area contributed by atoms with Crippen LogP contribution in [0.25, 0.3) is 94.7 Å². The molecule has 0 aliphatic rings. The number of furan rings is 1. The Hall–Kier alpha value is -6.85. The highest BCUT2D eigenvalue weighted by atomic mass is 16.3. The van der Waals surface area contributed by atoms with E-state index in [1.807, 2.05) is 78.9 Å². The third-order valence-electron chi connectivity index (χ3n) is 9.47. The van der Waals surface area contributed by atoms with Crippen LogP contribution in [-0.4, -0.2) is 19.5 Å². The molecule has 0 N–H and O–H groups in total. The summed E-state index contributed by atoms with van der Waals surface area (Å²) in [4.78, 5) is 15.4. The van der Waals surface area contributed by atoms with E-state index in [0.29, 0.717) is 17.5 Å². The molecular weight excluding hydrogens is 613 g/mol. The fraction of sp³-hybridized carbons (Fsp3) is 0. The van der Waals surface area contributed by atoms with Crippen LogP contribution in [0.1, 0.15) is 0 Å². The Kier molecular flexibility index (Phi) is 6.42. The van der Waals surface area contributed by atoms with Gasteiger partial charge < -0.3 is 8.98 Å². The van der Waals surface area contributed by atoms with Crippen LogP contribution in [0.3, 0.4) is 0 Å². The lowest BCUT2D eigenvalue weighted by Gasteiger charge is -2.15. The number of benzene rings is 7. The number of aromatic nitrogens is 4. The van der Waals surface area contributed by atoms with Crippen molar-refractivity contribution in [2.45, 2.75) is 0 Å². The van der Waals surface area contributed by atoms with E-state index in [9.17, 15) is 0 Å². The fourth-order valence-corrected chi connectivity index (χ4v) is 7.14. The van der Waals surface area contributed by atoms with Crippen molar-refractivity contribution in [3.05, 3.63) is 170 Å². The van der Waals surface area contributed by atoms with Crippen LogP contribution in [-0.2, 0) is 0 Å². The summed E-state index contributed by atoms with van der Waals surface area (Å²) in [5.74, 6) is 1.75. The van der Waals surface area contributed by atoms with Crippen molar-refractivity contribution >= 4 is 43.7 Å². The van der Waals surface area contributed by atoms with Gasteiger partial charge >= 0.3 is 0 Å². The molecule has 3 aromatic heterocycles. The molecule has 0 bridgehead atoms. The maximum atomic E-state index is 6.76. The van der Waals surface area contributed by atoms with Gasteiger partial charge in [0.15, 0.2) is 17.5 Å². The summed E-state index contributed by atoms with van der Waals surface area (Å²) >= 11 is 0. The molecule has 0 spiro atoms. The van der Waals surface area contributed by atoms with Gasteiger partial charge in [0.1, 0.15) is 11.2 Å². The summed E-state index contributed by atoms with van der Waals surface area (Å²) in [5, 5.41) is 4.39. The Labute approximate surface area is 287 Å². The van der Waals surface area contributed by atoms with Crippen molar-refractivity contribution in [3.8, 4) is 51.0 Å². The summed E-state index contributed by atoms with van der Waals surface area (Å²) in [6.45, 7) is 0. The minimum absolute atomic E-state index is 0.546. The molecule has 0 amide bonds. The molecule has 50 heavy (non-hydrogen) atoms. The van der Waals surface area contributed by atoms with Crippen LogP contribution < -0.4 is 0 Å². The van der Waals surface area contributed by atoms with E-state index in [1.54, 1.807) is 0 Å². The van der Waals surface area contributed by atoms with E-state index in [0.717, 1.165) is 55.3 Å². The monoisotopic (exact) mass is 640 g/mol. The van der Waals surface area contributed by atoms with Gasteiger partial charge in [0.2, 0.25) is 0 Å². The van der Waals surface area contributed by atoms with Crippen LogP contribution in [0, 0.1) is 0 Å². The molecule has 10 aromatic rings. The zero-order chi connectivity index (χ0) is 33.0. The Morgan fingerprint density at radius 3 is 1.64 bits per heavy atom. The van der Waals surface area contributed by atoms with Crippen molar-refractivity contribution in [1.82, 2.24) is 19.5 Å². The van der Waals surface area contributed by atoms with E-state index in [1.165, 1.54) is 21.9 Å². The van der Waals surface area contributed by atoms with E-state index in [-0.39, 0.29) is 0 Å². The van der Waals surface area contributed by atoms with Gasteiger partial charge in [-0.05, 0) is 47.5 Å². The number of fused-ring (bicyclic) bond motifs is 6. The molecular formula is C45H28N4O. The smallest absolute Gasteiger partial charge is 0.170 e. The predicted octanol–water partition coefficient (Wildman–Crippen LogP) is 11.5. The molecule has 7 aromatic carbocycles. The molecule has 0 aliphatic carbocycles. The summed E-state index contributed by atoms with van der Waals surface area (Å²) in [6, 6.07) is 58.5. The highest BCUT2D eigenvalue weighted by Crippen LogP contribution is 2.43. The zero-order valence-corrected chi connectivity index (χ0v) is 26.9. The molecule has 0 aliphatic heterocycles. The number of hydrogen-bond donors (Lipinski definition) is 0. The normalized spacial score (nSPS) is 11.6. The molecule has 5 nitrogen and oxygen atoms in total. The van der Waals surface area contributed by atoms with Gasteiger partial charge in [-0.2, -0.15) is 0 Å². The molecule has 234 valence electrons. The van der Waals surface area contributed by atoms with Crippen molar-refractivity contribution in [2.24, 2.45) is 0 Å². The zero-order valence-electron chi connectivity index (χ0n) is 26.9. The highest BCUT2D eigenvalue weighted by Gasteiger charge is 2.24. The molecule has 0 saturated carbocycles. The van der Waals surface area contributed by atoms with Gasteiger partial charge in [0.25, 0.3) is 0 Å². The quantitative estimate of drug-likeness (QED) is 0.188. The van der Waals surface area contributed by atoms with Gasteiger partial charge in [-0.1, -0.05) is 133 Å². The first-order valence-electron chi connectivity index (χ1n) is 16.7. The van der Waals surface area contributed by atoms with Crippen molar-refractivity contribution in [1.29, 1.82) is 0 Å². The van der Waals surface area contributed by atoms with Crippen LogP contribution in [0.15, 0.2) is 174 Å². The SMILES string of the molecule is c1ccc(-c2ccc3c(c2)c2ccccc2n3-c2ccc3c(oc4ccccc43)c2-c2nc(-c3ccccc3)nc(-c3ccccc3)n2)cc1. The van der Waals surface area contributed by atoms with E-state index < -0.39 is 0 Å². The van der Waals surface area contributed by atoms with Gasteiger partial charge in [-0.25, -0.2) is 15.0 Å². The third-order valence-corrected chi connectivity index (χ3v) is 9.47. The Morgan fingerprint density at radius 2 is 0.940 bits per heavy atom. The second kappa shape index (κ2) is 11.4. The molecule has 0 atom stereocenters. The first-order valence-corrected chi connectivity index (χ1v) is 16.7. The minimum atomic E-state index is 0.546. The topological polar surface area (TPSA) is 56.7 Å². The van der Waals surface area contributed by atoms with Crippen LogP contribution >= 0.6 is 0 Å². The van der Waals surface area contributed by atoms with Crippen molar-refractivity contribution in [2.75, 3.05) is 0 Å². The van der Waals surface area contributed by atoms with Crippen LogP contribution in [0.5, 0.6) is 0 Å². The maximum absolute atomic E-state index is 6.76. The second-order valence-corrected chi connectivity index (χ2v) is 12.4. The number of rotatable bonds is 5. The van der Waals surface area contributed by atoms with E-state index in [4.69, 9.17) is 19.4 Å². The largest absolute Gasteiger partial charge is 0.455 e.